The van der Waals surface area contributed by atoms with Gasteiger partial charge in [0.05, 0.1) is 22.9 Å². The van der Waals surface area contributed by atoms with E-state index in [2.05, 4.69) is 9.72 Å². The number of anilines is 1. The largest absolute Gasteiger partial charge is 0.573 e. The van der Waals surface area contributed by atoms with Gasteiger partial charge in [0.15, 0.2) is 5.13 Å². The Morgan fingerprint density at radius 2 is 1.97 bits per heavy atom. The van der Waals surface area contributed by atoms with Crippen molar-refractivity contribution in [3.05, 3.63) is 54.1 Å². The van der Waals surface area contributed by atoms with E-state index in [-0.39, 0.29) is 23.3 Å². The summed E-state index contributed by atoms with van der Waals surface area (Å²) in [5.41, 5.74) is 1.03. The Morgan fingerprint density at radius 3 is 2.62 bits per heavy atom. The molecule has 0 spiro atoms. The van der Waals surface area contributed by atoms with E-state index in [1.54, 1.807) is 4.90 Å². The number of alkyl halides is 3. The number of hydrogen-bond donors (Lipinski definition) is 0. The monoisotopic (exact) mass is 422 g/mol. The summed E-state index contributed by atoms with van der Waals surface area (Å²) in [6.45, 7) is 0.982. The Hall–Kier alpha value is -2.65. The highest BCUT2D eigenvalue weighted by Gasteiger charge is 2.31. The third-order valence-electron chi connectivity index (χ3n) is 4.50. The van der Waals surface area contributed by atoms with E-state index in [1.807, 2.05) is 24.3 Å². The van der Waals surface area contributed by atoms with Crippen LogP contribution in [0.3, 0.4) is 0 Å². The molecular weight excluding hydrogens is 405 g/mol. The zero-order valence-electron chi connectivity index (χ0n) is 15.2. The second-order valence-corrected chi connectivity index (χ2v) is 7.60. The highest BCUT2D eigenvalue weighted by Crippen LogP contribution is 2.31. The Kier molecular flexibility index (Phi) is 5.42. The van der Waals surface area contributed by atoms with Gasteiger partial charge in [-0.05, 0) is 49.2 Å². The van der Waals surface area contributed by atoms with Crippen LogP contribution in [-0.2, 0) is 4.74 Å². The van der Waals surface area contributed by atoms with Crippen molar-refractivity contribution < 1.29 is 27.4 Å². The second-order valence-electron chi connectivity index (χ2n) is 6.59. The summed E-state index contributed by atoms with van der Waals surface area (Å²) in [6, 6.07) is 12.5. The van der Waals surface area contributed by atoms with Gasteiger partial charge in [-0.15, -0.1) is 13.2 Å². The smallest absolute Gasteiger partial charge is 0.406 e. The van der Waals surface area contributed by atoms with Crippen LogP contribution in [0.4, 0.5) is 18.3 Å². The van der Waals surface area contributed by atoms with Crippen LogP contribution in [0.5, 0.6) is 5.75 Å². The zero-order valence-corrected chi connectivity index (χ0v) is 16.0. The number of carbonyl (C=O) groups excluding carboxylic acids is 1. The topological polar surface area (TPSA) is 51.7 Å². The molecule has 1 unspecified atom stereocenters. The number of halogens is 3. The number of rotatable bonds is 5. The van der Waals surface area contributed by atoms with Gasteiger partial charge in [-0.3, -0.25) is 9.69 Å². The highest BCUT2D eigenvalue weighted by molar-refractivity contribution is 7.22. The van der Waals surface area contributed by atoms with Crippen LogP contribution in [0, 0.1) is 0 Å². The molecule has 1 fully saturated rings. The van der Waals surface area contributed by atoms with Crippen molar-refractivity contribution in [3.8, 4) is 5.75 Å². The van der Waals surface area contributed by atoms with Crippen molar-refractivity contribution in [1.29, 1.82) is 0 Å². The lowest BCUT2D eigenvalue weighted by molar-refractivity contribution is -0.274. The van der Waals surface area contributed by atoms with Gasteiger partial charge in [0, 0.05) is 12.2 Å². The molecule has 5 nitrogen and oxygen atoms in total. The van der Waals surface area contributed by atoms with Gasteiger partial charge in [0.2, 0.25) is 0 Å². The molecule has 29 heavy (non-hydrogen) atoms. The SMILES string of the molecule is O=C(c1ccc(OC(F)(F)F)cc1)N(CC1CCCO1)c1nc2ccccc2s1. The minimum absolute atomic E-state index is 0.0983. The van der Waals surface area contributed by atoms with E-state index in [0.29, 0.717) is 18.3 Å². The predicted molar refractivity (Wildman–Crippen MR) is 103 cm³/mol. The maximum Gasteiger partial charge on any atom is 0.573 e. The number of para-hydroxylation sites is 1. The van der Waals surface area contributed by atoms with Gasteiger partial charge in [-0.1, -0.05) is 23.5 Å². The average Bonchev–Trinajstić information content (AvgIpc) is 3.34. The van der Waals surface area contributed by atoms with Crippen LogP contribution >= 0.6 is 11.3 Å². The molecule has 1 saturated heterocycles. The second kappa shape index (κ2) is 8.00. The molecule has 2 heterocycles. The van der Waals surface area contributed by atoms with Crippen LogP contribution in [0.2, 0.25) is 0 Å². The fourth-order valence-electron chi connectivity index (χ4n) is 3.17. The summed E-state index contributed by atoms with van der Waals surface area (Å²) in [6.07, 6.45) is -3.11. The van der Waals surface area contributed by atoms with Crippen LogP contribution in [-0.4, -0.2) is 36.5 Å². The minimum atomic E-state index is -4.78. The van der Waals surface area contributed by atoms with Crippen molar-refractivity contribution in [3.63, 3.8) is 0 Å². The molecule has 0 N–H and O–H groups in total. The molecule has 4 rings (SSSR count). The van der Waals surface area contributed by atoms with Crippen LogP contribution in [0.1, 0.15) is 23.2 Å². The Labute approximate surface area is 168 Å². The highest BCUT2D eigenvalue weighted by atomic mass is 32.1. The fourth-order valence-corrected chi connectivity index (χ4v) is 4.14. The maximum absolute atomic E-state index is 13.2. The zero-order chi connectivity index (χ0) is 20.4. The summed E-state index contributed by atoms with van der Waals surface area (Å²) >= 11 is 1.39. The lowest BCUT2D eigenvalue weighted by atomic mass is 10.1. The first-order valence-corrected chi connectivity index (χ1v) is 9.85. The molecule has 0 saturated carbocycles. The Bertz CT molecular complexity index is 965. The molecule has 1 atom stereocenters. The normalized spacial score (nSPS) is 16.9. The van der Waals surface area contributed by atoms with Gasteiger partial charge >= 0.3 is 6.36 Å². The average molecular weight is 422 g/mol. The number of benzene rings is 2. The predicted octanol–water partition coefficient (Wildman–Crippen LogP) is 5.02. The molecule has 2 aromatic carbocycles. The Morgan fingerprint density at radius 1 is 1.21 bits per heavy atom. The third kappa shape index (κ3) is 4.68. The van der Waals surface area contributed by atoms with Crippen LogP contribution in [0.25, 0.3) is 10.2 Å². The van der Waals surface area contributed by atoms with E-state index in [9.17, 15) is 18.0 Å². The first kappa shape index (κ1) is 19.7. The van der Waals surface area contributed by atoms with E-state index >= 15 is 0 Å². The standard InChI is InChI=1S/C20H17F3N2O3S/c21-20(22,23)28-14-9-7-13(8-10-14)18(26)25(12-15-4-3-11-27-15)19-24-16-5-1-2-6-17(16)29-19/h1-2,5-10,15H,3-4,11-12H2. The van der Waals surface area contributed by atoms with Gasteiger partial charge in [-0.25, -0.2) is 4.98 Å². The molecule has 152 valence electrons. The maximum atomic E-state index is 13.2. The summed E-state index contributed by atoms with van der Waals surface area (Å²) < 4.78 is 47.6. The fraction of sp³-hybridized carbons (Fsp3) is 0.300. The molecule has 1 aromatic heterocycles. The van der Waals surface area contributed by atoms with Crippen molar-refractivity contribution in [1.82, 2.24) is 4.98 Å². The van der Waals surface area contributed by atoms with E-state index in [4.69, 9.17) is 4.74 Å². The molecule has 0 radical (unpaired) electrons. The summed E-state index contributed by atoms with van der Waals surface area (Å²) in [4.78, 5) is 19.3. The van der Waals surface area contributed by atoms with Gasteiger partial charge in [-0.2, -0.15) is 0 Å². The quantitative estimate of drug-likeness (QED) is 0.579. The lowest BCUT2D eigenvalue weighted by Gasteiger charge is -2.23. The first-order valence-electron chi connectivity index (χ1n) is 9.04. The number of hydrogen-bond acceptors (Lipinski definition) is 5. The Balaban J connectivity index is 1.62. The number of ether oxygens (including phenoxy) is 2. The van der Waals surface area contributed by atoms with Crippen molar-refractivity contribution in [2.45, 2.75) is 25.3 Å². The lowest BCUT2D eigenvalue weighted by Crippen LogP contribution is -2.37. The van der Waals surface area contributed by atoms with Crippen LogP contribution < -0.4 is 9.64 Å². The van der Waals surface area contributed by atoms with E-state index in [0.717, 1.165) is 35.2 Å². The molecule has 0 bridgehead atoms. The molecule has 1 aliphatic rings. The first-order chi connectivity index (χ1) is 13.9. The molecule has 9 heteroatoms. The van der Waals surface area contributed by atoms with E-state index in [1.165, 1.54) is 23.5 Å². The summed E-state index contributed by atoms with van der Waals surface area (Å²) in [7, 11) is 0. The minimum Gasteiger partial charge on any atom is -0.406 e. The number of nitrogens with zero attached hydrogens (tertiary/aromatic N) is 2. The van der Waals surface area contributed by atoms with Gasteiger partial charge in [0.1, 0.15) is 5.75 Å². The van der Waals surface area contributed by atoms with Crippen molar-refractivity contribution >= 4 is 32.6 Å². The summed E-state index contributed by atoms with van der Waals surface area (Å²) in [5, 5.41) is 0.530. The van der Waals surface area contributed by atoms with Crippen LogP contribution in [0.15, 0.2) is 48.5 Å². The molecule has 3 aromatic rings. The molecule has 1 aliphatic heterocycles. The summed E-state index contributed by atoms with van der Waals surface area (Å²) in [5.74, 6) is -0.724. The van der Waals surface area contributed by atoms with Crippen molar-refractivity contribution in [2.24, 2.45) is 0 Å². The van der Waals surface area contributed by atoms with E-state index < -0.39 is 6.36 Å². The number of aromatic nitrogens is 1. The number of amides is 1. The number of fused-ring (bicyclic) bond motifs is 1. The van der Waals surface area contributed by atoms with Gasteiger partial charge in [0.25, 0.3) is 5.91 Å². The third-order valence-corrected chi connectivity index (χ3v) is 5.56. The van der Waals surface area contributed by atoms with Crippen molar-refractivity contribution in [2.75, 3.05) is 18.1 Å². The molecule has 0 aliphatic carbocycles. The number of carbonyl (C=O) groups is 1. The van der Waals surface area contributed by atoms with Gasteiger partial charge < -0.3 is 9.47 Å². The molecular formula is C20H17F3N2O3S. The molecule has 1 amide bonds. The number of thiazole rings is 1.